The molecule has 4 nitrogen and oxygen atoms in total. The van der Waals surface area contributed by atoms with Gasteiger partial charge >= 0.3 is 59.1 Å². The Bertz CT molecular complexity index is 120. The van der Waals surface area contributed by atoms with Crippen LogP contribution in [0.3, 0.4) is 0 Å². The Balaban J connectivity index is -0.000000605. The van der Waals surface area contributed by atoms with Crippen LogP contribution < -0.4 is 68.9 Å². The van der Waals surface area contributed by atoms with Crippen LogP contribution in [0.5, 0.6) is 0 Å². The molecular formula is C7H15Na2O4P. The van der Waals surface area contributed by atoms with E-state index in [2.05, 4.69) is 0 Å². The first-order valence-electron chi connectivity index (χ1n) is 3.93. The Kier molecular flexibility index (Phi) is 18.1. The van der Waals surface area contributed by atoms with Gasteiger partial charge in [-0.2, -0.15) is 0 Å². The second-order valence-electron chi connectivity index (χ2n) is 2.49. The van der Waals surface area contributed by atoms with Crippen LogP contribution in [0.25, 0.3) is 0 Å². The third kappa shape index (κ3) is 10.8. The maximum absolute atomic E-state index is 10.4. The third-order valence-corrected chi connectivity index (χ3v) is 2.15. The second kappa shape index (κ2) is 11.7. The van der Waals surface area contributed by atoms with E-state index in [9.17, 15) is 9.79 Å². The molecule has 0 aromatic rings. The quantitative estimate of drug-likeness (QED) is 0.263. The fourth-order valence-corrected chi connectivity index (χ4v) is 1.63. The molecular weight excluding hydrogens is 225 g/mol. The van der Waals surface area contributed by atoms with E-state index in [1.807, 2.05) is 0 Å². The van der Waals surface area contributed by atoms with Crippen LogP contribution in [-0.4, -0.2) is 25.2 Å². The molecule has 0 saturated carbocycles. The number of hydrogen-bond donors (Lipinski definition) is 0. The summed E-state index contributed by atoms with van der Waals surface area (Å²) in [6.07, 6.45) is -0.0932. The number of rotatable bonds is 6. The van der Waals surface area contributed by atoms with Crippen molar-refractivity contribution in [2.45, 2.75) is 26.6 Å². The fourth-order valence-electron chi connectivity index (χ4n) is 0.978. The Labute approximate surface area is 131 Å². The van der Waals surface area contributed by atoms with E-state index in [-0.39, 0.29) is 65.3 Å². The van der Waals surface area contributed by atoms with Crippen molar-refractivity contribution in [3.63, 3.8) is 0 Å². The maximum Gasteiger partial charge on any atom is 1.00 e. The Morgan fingerprint density at radius 2 is 1.43 bits per heavy atom. The van der Waals surface area contributed by atoms with Crippen LogP contribution in [0.4, 0.5) is 0 Å². The molecule has 0 spiro atoms. The molecule has 0 N–H and O–H groups in total. The van der Waals surface area contributed by atoms with Crippen LogP contribution in [0, 0.1) is 0 Å². The van der Waals surface area contributed by atoms with E-state index in [1.165, 1.54) is 0 Å². The van der Waals surface area contributed by atoms with E-state index >= 15 is 0 Å². The molecule has 0 heterocycles. The van der Waals surface area contributed by atoms with Gasteiger partial charge in [0, 0.05) is 13.2 Å². The summed E-state index contributed by atoms with van der Waals surface area (Å²) >= 11 is 0. The first-order chi connectivity index (χ1) is 5.54. The van der Waals surface area contributed by atoms with E-state index in [1.54, 1.807) is 20.8 Å². The first kappa shape index (κ1) is 21.5. The second-order valence-corrected chi connectivity index (χ2v) is 3.47. The van der Waals surface area contributed by atoms with E-state index < -0.39 is 14.2 Å². The van der Waals surface area contributed by atoms with Crippen molar-refractivity contribution < 1.29 is 78.4 Å². The van der Waals surface area contributed by atoms with E-state index in [0.29, 0.717) is 13.2 Å². The zero-order valence-electron chi connectivity index (χ0n) is 9.70. The summed E-state index contributed by atoms with van der Waals surface area (Å²) in [6.45, 7) is 6.12. The number of ether oxygens (including phenoxy) is 2. The summed E-state index contributed by atoms with van der Waals surface area (Å²) in [7, 11) is -2.46. The van der Waals surface area contributed by atoms with E-state index in [0.717, 1.165) is 0 Å². The van der Waals surface area contributed by atoms with Gasteiger partial charge in [0.2, 0.25) is 0 Å². The van der Waals surface area contributed by atoms with Gasteiger partial charge in [-0.1, -0.05) is 0 Å². The first-order valence-corrected chi connectivity index (χ1v) is 5.30. The predicted molar refractivity (Wildman–Crippen MR) is 43.4 cm³/mol. The zero-order valence-corrected chi connectivity index (χ0v) is 14.6. The van der Waals surface area contributed by atoms with Gasteiger partial charge in [0.05, 0.1) is 0 Å². The van der Waals surface area contributed by atoms with Gasteiger partial charge in [0.1, 0.15) is 0 Å². The summed E-state index contributed by atoms with van der Waals surface area (Å²) in [6, 6.07) is 0. The molecule has 0 aromatic carbocycles. The van der Waals surface area contributed by atoms with Gasteiger partial charge in [-0.15, -0.1) is 0 Å². The average Bonchev–Trinajstić information content (AvgIpc) is 1.85. The topological polar surface area (TPSA) is 64.6 Å². The molecule has 0 saturated heterocycles. The van der Waals surface area contributed by atoms with Crippen LogP contribution in [0.2, 0.25) is 0 Å². The SMILES string of the molecule is CCOC(C)(CP([O-])[O-])OCC.[Na+].[Na+]. The van der Waals surface area contributed by atoms with Crippen molar-refractivity contribution in [1.29, 1.82) is 0 Å². The minimum absolute atomic E-state index is 0. The van der Waals surface area contributed by atoms with Crippen molar-refractivity contribution in [2.24, 2.45) is 0 Å². The Morgan fingerprint density at radius 1 is 1.07 bits per heavy atom. The molecule has 0 unspecified atom stereocenters. The largest absolute Gasteiger partial charge is 1.00 e. The molecule has 0 radical (unpaired) electrons. The fraction of sp³-hybridized carbons (Fsp3) is 1.00. The minimum atomic E-state index is -2.46. The third-order valence-electron chi connectivity index (χ3n) is 1.32. The molecule has 0 fully saturated rings. The molecule has 0 aliphatic rings. The summed E-state index contributed by atoms with van der Waals surface area (Å²) in [5, 5.41) is 0. The van der Waals surface area contributed by atoms with Crippen LogP contribution in [0.15, 0.2) is 0 Å². The molecule has 14 heavy (non-hydrogen) atoms. The number of hydrogen-bond acceptors (Lipinski definition) is 4. The molecule has 0 rings (SSSR count). The van der Waals surface area contributed by atoms with Gasteiger partial charge in [-0.05, 0) is 26.9 Å². The summed E-state index contributed by atoms with van der Waals surface area (Å²) in [5.74, 6) is -0.974. The normalized spacial score (nSPS) is 10.7. The summed E-state index contributed by atoms with van der Waals surface area (Å²) in [5.41, 5.74) is 0. The molecule has 0 atom stereocenters. The van der Waals surface area contributed by atoms with Crippen molar-refractivity contribution in [3.05, 3.63) is 0 Å². The van der Waals surface area contributed by atoms with Gasteiger partial charge in [-0.25, -0.2) is 0 Å². The average molecular weight is 240 g/mol. The van der Waals surface area contributed by atoms with Crippen LogP contribution in [-0.2, 0) is 9.47 Å². The molecule has 0 aromatic heterocycles. The van der Waals surface area contributed by atoms with Crippen molar-refractivity contribution >= 4 is 8.38 Å². The van der Waals surface area contributed by atoms with Crippen LogP contribution >= 0.6 is 8.38 Å². The molecule has 74 valence electrons. The monoisotopic (exact) mass is 240 g/mol. The van der Waals surface area contributed by atoms with Crippen molar-refractivity contribution in [1.82, 2.24) is 0 Å². The maximum atomic E-state index is 10.4. The summed E-state index contributed by atoms with van der Waals surface area (Å²) in [4.78, 5) is 20.9. The van der Waals surface area contributed by atoms with Gasteiger partial charge < -0.3 is 27.6 Å². The van der Waals surface area contributed by atoms with Gasteiger partial charge in [0.15, 0.2) is 5.79 Å². The molecule has 7 heteroatoms. The summed E-state index contributed by atoms with van der Waals surface area (Å²) < 4.78 is 10.3. The van der Waals surface area contributed by atoms with Crippen molar-refractivity contribution in [2.75, 3.05) is 19.4 Å². The van der Waals surface area contributed by atoms with Crippen molar-refractivity contribution in [3.8, 4) is 0 Å². The molecule has 0 bridgehead atoms. The Morgan fingerprint density at radius 3 is 1.64 bits per heavy atom. The predicted octanol–water partition coefficient (Wildman–Crippen LogP) is -6.18. The van der Waals surface area contributed by atoms with E-state index in [4.69, 9.17) is 9.47 Å². The van der Waals surface area contributed by atoms with Gasteiger partial charge in [0.25, 0.3) is 0 Å². The molecule has 0 amide bonds. The Hall–Kier alpha value is 2.27. The molecule has 0 aliphatic heterocycles. The molecule has 0 aliphatic carbocycles. The van der Waals surface area contributed by atoms with Crippen LogP contribution in [0.1, 0.15) is 20.8 Å². The van der Waals surface area contributed by atoms with Gasteiger partial charge in [-0.3, -0.25) is 0 Å². The zero-order chi connectivity index (χ0) is 9.61. The smallest absolute Gasteiger partial charge is 0.841 e. The minimum Gasteiger partial charge on any atom is -0.841 e. The standard InChI is InChI=1S/C7H15O4P.2Na/c1-4-10-7(3,11-5-2)6-12(8)9;;/h4-6H2,1-3H3;;/q-2;2*+1.